The van der Waals surface area contributed by atoms with Crippen molar-refractivity contribution in [2.45, 2.75) is 18.9 Å². The van der Waals surface area contributed by atoms with Gasteiger partial charge in [0.05, 0.1) is 18.7 Å². The van der Waals surface area contributed by atoms with Crippen LogP contribution in [0.15, 0.2) is 65.2 Å². The molecule has 26 heavy (non-hydrogen) atoms. The summed E-state index contributed by atoms with van der Waals surface area (Å²) in [6.07, 6.45) is 1.77. The first-order valence-corrected chi connectivity index (χ1v) is 8.37. The van der Waals surface area contributed by atoms with Crippen molar-refractivity contribution in [1.29, 1.82) is 0 Å². The van der Waals surface area contributed by atoms with E-state index in [0.717, 1.165) is 11.1 Å². The second-order valence-electron chi connectivity index (χ2n) is 6.09. The molecule has 6 heteroatoms. The van der Waals surface area contributed by atoms with E-state index in [1.54, 1.807) is 12.3 Å². The summed E-state index contributed by atoms with van der Waals surface area (Å²) in [7, 11) is 0. The number of aromatic nitrogens is 1. The summed E-state index contributed by atoms with van der Waals surface area (Å²) < 4.78 is 5.69. The van der Waals surface area contributed by atoms with Crippen LogP contribution in [0, 0.1) is 0 Å². The summed E-state index contributed by atoms with van der Waals surface area (Å²) in [5.41, 5.74) is 2.43. The third kappa shape index (κ3) is 3.21. The standard InChI is InChI=1S/C20H17N3O3/c24-18-10-15(14-8-4-5-9-16(14)23-18)20(25)22-12-19-21-11-17(26-19)13-6-2-1-3-7-13/h1-9,11,15H,10,12H2,(H,22,25)(H,23,24). The van der Waals surface area contributed by atoms with Crippen LogP contribution in [0.1, 0.15) is 23.8 Å². The molecule has 0 saturated heterocycles. The molecule has 0 aliphatic carbocycles. The molecule has 2 amide bonds. The number of hydrogen-bond donors (Lipinski definition) is 2. The Hall–Kier alpha value is -3.41. The third-order valence-electron chi connectivity index (χ3n) is 4.34. The predicted octanol–water partition coefficient (Wildman–Crippen LogP) is 3.08. The summed E-state index contributed by atoms with van der Waals surface area (Å²) in [6.45, 7) is 0.173. The van der Waals surface area contributed by atoms with Crippen LogP contribution in [-0.4, -0.2) is 16.8 Å². The Kier molecular flexibility index (Phi) is 4.23. The summed E-state index contributed by atoms with van der Waals surface area (Å²) in [5, 5.41) is 5.61. The SMILES string of the molecule is O=C1CC(C(=O)NCc2ncc(-c3ccccc3)o2)c2ccccc2N1. The van der Waals surface area contributed by atoms with Gasteiger partial charge in [0.1, 0.15) is 0 Å². The van der Waals surface area contributed by atoms with Crippen LogP contribution in [0.3, 0.4) is 0 Å². The molecule has 2 heterocycles. The first kappa shape index (κ1) is 16.1. The van der Waals surface area contributed by atoms with Gasteiger partial charge in [0.15, 0.2) is 5.76 Å². The number of anilines is 1. The molecule has 1 aliphatic heterocycles. The van der Waals surface area contributed by atoms with Gasteiger partial charge in [-0.25, -0.2) is 4.98 Å². The fraction of sp³-hybridized carbons (Fsp3) is 0.150. The molecule has 1 aromatic heterocycles. The Balaban J connectivity index is 1.45. The minimum Gasteiger partial charge on any atom is -0.439 e. The molecule has 6 nitrogen and oxygen atoms in total. The monoisotopic (exact) mass is 347 g/mol. The molecule has 1 aliphatic rings. The molecule has 0 bridgehead atoms. The van der Waals surface area contributed by atoms with E-state index in [1.165, 1.54) is 0 Å². The van der Waals surface area contributed by atoms with Gasteiger partial charge >= 0.3 is 0 Å². The highest BCUT2D eigenvalue weighted by Crippen LogP contribution is 2.32. The highest BCUT2D eigenvalue weighted by atomic mass is 16.4. The molecule has 130 valence electrons. The van der Waals surface area contributed by atoms with E-state index in [4.69, 9.17) is 4.42 Å². The van der Waals surface area contributed by atoms with Crippen LogP contribution in [0.5, 0.6) is 0 Å². The number of benzene rings is 2. The average Bonchev–Trinajstić information content (AvgIpc) is 3.15. The van der Waals surface area contributed by atoms with Gasteiger partial charge in [0, 0.05) is 17.7 Å². The van der Waals surface area contributed by atoms with Crippen LogP contribution in [0.4, 0.5) is 5.69 Å². The number of carbonyl (C=O) groups is 2. The Morgan fingerprint density at radius 3 is 2.77 bits per heavy atom. The van der Waals surface area contributed by atoms with Crippen molar-refractivity contribution in [3.63, 3.8) is 0 Å². The van der Waals surface area contributed by atoms with Gasteiger partial charge in [0.2, 0.25) is 17.7 Å². The number of hydrogen-bond acceptors (Lipinski definition) is 4. The number of para-hydroxylation sites is 1. The molecule has 2 N–H and O–H groups in total. The number of fused-ring (bicyclic) bond motifs is 1. The van der Waals surface area contributed by atoms with Crippen molar-refractivity contribution in [1.82, 2.24) is 10.3 Å². The van der Waals surface area contributed by atoms with Gasteiger partial charge in [-0.1, -0.05) is 48.5 Å². The number of nitrogens with one attached hydrogen (secondary N) is 2. The van der Waals surface area contributed by atoms with Gasteiger partial charge in [-0.3, -0.25) is 9.59 Å². The van der Waals surface area contributed by atoms with E-state index in [9.17, 15) is 9.59 Å². The van der Waals surface area contributed by atoms with Gasteiger partial charge in [0.25, 0.3) is 0 Å². The average molecular weight is 347 g/mol. The van der Waals surface area contributed by atoms with Crippen molar-refractivity contribution in [2.75, 3.05) is 5.32 Å². The number of carbonyl (C=O) groups excluding carboxylic acids is 2. The Morgan fingerprint density at radius 1 is 1.15 bits per heavy atom. The maximum atomic E-state index is 12.6. The summed E-state index contributed by atoms with van der Waals surface area (Å²) in [4.78, 5) is 28.7. The molecular formula is C20H17N3O3. The normalized spacial score (nSPS) is 15.8. The number of amides is 2. The van der Waals surface area contributed by atoms with Gasteiger partial charge in [-0.15, -0.1) is 0 Å². The van der Waals surface area contributed by atoms with E-state index < -0.39 is 5.92 Å². The quantitative estimate of drug-likeness (QED) is 0.760. The number of oxazole rings is 1. The minimum absolute atomic E-state index is 0.129. The Bertz CT molecular complexity index is 950. The maximum absolute atomic E-state index is 12.6. The summed E-state index contributed by atoms with van der Waals surface area (Å²) >= 11 is 0. The Morgan fingerprint density at radius 2 is 1.92 bits per heavy atom. The molecule has 0 fully saturated rings. The van der Waals surface area contributed by atoms with Crippen molar-refractivity contribution in [2.24, 2.45) is 0 Å². The topological polar surface area (TPSA) is 84.2 Å². The number of nitrogens with zero attached hydrogens (tertiary/aromatic N) is 1. The van der Waals surface area contributed by atoms with E-state index in [2.05, 4.69) is 15.6 Å². The maximum Gasteiger partial charge on any atom is 0.228 e. The second kappa shape index (κ2) is 6.84. The van der Waals surface area contributed by atoms with Gasteiger partial charge < -0.3 is 15.1 Å². The van der Waals surface area contributed by atoms with E-state index in [-0.39, 0.29) is 24.8 Å². The first-order valence-electron chi connectivity index (χ1n) is 8.37. The van der Waals surface area contributed by atoms with Crippen molar-refractivity contribution >= 4 is 17.5 Å². The lowest BCUT2D eigenvalue weighted by molar-refractivity contribution is -0.126. The zero-order valence-electron chi connectivity index (χ0n) is 13.9. The molecule has 0 spiro atoms. The minimum atomic E-state index is -0.511. The van der Waals surface area contributed by atoms with E-state index >= 15 is 0 Å². The van der Waals surface area contributed by atoms with Gasteiger partial charge in [-0.2, -0.15) is 0 Å². The summed E-state index contributed by atoms with van der Waals surface area (Å²) in [5.74, 6) is 0.185. The van der Waals surface area contributed by atoms with Crippen LogP contribution in [0.2, 0.25) is 0 Å². The van der Waals surface area contributed by atoms with Crippen LogP contribution in [0.25, 0.3) is 11.3 Å². The zero-order chi connectivity index (χ0) is 17.9. The molecule has 3 aromatic rings. The van der Waals surface area contributed by atoms with E-state index in [0.29, 0.717) is 17.3 Å². The lowest BCUT2D eigenvalue weighted by Crippen LogP contribution is -2.34. The molecule has 0 saturated carbocycles. The fourth-order valence-electron chi connectivity index (χ4n) is 3.06. The molecule has 1 unspecified atom stereocenters. The van der Waals surface area contributed by atoms with Crippen molar-refractivity contribution in [3.8, 4) is 11.3 Å². The van der Waals surface area contributed by atoms with E-state index in [1.807, 2.05) is 48.5 Å². The fourth-order valence-corrected chi connectivity index (χ4v) is 3.06. The van der Waals surface area contributed by atoms with Gasteiger partial charge in [-0.05, 0) is 11.6 Å². The third-order valence-corrected chi connectivity index (χ3v) is 4.34. The smallest absolute Gasteiger partial charge is 0.228 e. The largest absolute Gasteiger partial charge is 0.439 e. The van der Waals surface area contributed by atoms with Crippen LogP contribution < -0.4 is 10.6 Å². The Labute approximate surface area is 150 Å². The molecular weight excluding hydrogens is 330 g/mol. The summed E-state index contributed by atoms with van der Waals surface area (Å²) in [6, 6.07) is 17.0. The predicted molar refractivity (Wildman–Crippen MR) is 96.2 cm³/mol. The van der Waals surface area contributed by atoms with Crippen molar-refractivity contribution in [3.05, 3.63) is 72.2 Å². The molecule has 1 atom stereocenters. The molecule has 0 radical (unpaired) electrons. The lowest BCUT2D eigenvalue weighted by atomic mass is 9.90. The zero-order valence-corrected chi connectivity index (χ0v) is 13.9. The lowest BCUT2D eigenvalue weighted by Gasteiger charge is -2.24. The molecule has 2 aromatic carbocycles. The first-order chi connectivity index (χ1) is 12.7. The van der Waals surface area contributed by atoms with Crippen LogP contribution in [-0.2, 0) is 16.1 Å². The highest BCUT2D eigenvalue weighted by molar-refractivity contribution is 6.01. The van der Waals surface area contributed by atoms with Crippen LogP contribution >= 0.6 is 0 Å². The number of rotatable bonds is 4. The highest BCUT2D eigenvalue weighted by Gasteiger charge is 2.30. The molecule has 4 rings (SSSR count). The van der Waals surface area contributed by atoms with Crippen molar-refractivity contribution < 1.29 is 14.0 Å². The second-order valence-corrected chi connectivity index (χ2v) is 6.09.